The number of carbonyl (C=O) groups is 2. The number of esters is 1. The van der Waals surface area contributed by atoms with Gasteiger partial charge in [-0.15, -0.1) is 0 Å². The van der Waals surface area contributed by atoms with Gasteiger partial charge >= 0.3 is 5.97 Å². The molecule has 2 aromatic carbocycles. The van der Waals surface area contributed by atoms with Crippen molar-refractivity contribution in [3.63, 3.8) is 0 Å². The predicted molar refractivity (Wildman–Crippen MR) is 94.0 cm³/mol. The minimum atomic E-state index is -0.971. The second-order valence-electron chi connectivity index (χ2n) is 5.61. The quantitative estimate of drug-likeness (QED) is 0.782. The van der Waals surface area contributed by atoms with Crippen molar-refractivity contribution >= 4 is 23.5 Å². The molecule has 132 valence electrons. The lowest BCUT2D eigenvalue weighted by atomic mass is 10.0. The van der Waals surface area contributed by atoms with Crippen LogP contribution in [0.4, 0.5) is 4.39 Å². The smallest absolute Gasteiger partial charge is 0.343 e. The van der Waals surface area contributed by atoms with Crippen LogP contribution in [0.15, 0.2) is 42.5 Å². The minimum Gasteiger partial charge on any atom is -0.452 e. The molecule has 0 fully saturated rings. The van der Waals surface area contributed by atoms with Crippen LogP contribution in [0.1, 0.15) is 40.9 Å². The van der Waals surface area contributed by atoms with Gasteiger partial charge < -0.3 is 10.1 Å². The largest absolute Gasteiger partial charge is 0.452 e. The summed E-state index contributed by atoms with van der Waals surface area (Å²) in [6.45, 7) is 3.42. The monoisotopic (exact) mass is 363 g/mol. The molecule has 0 saturated heterocycles. The first-order valence-corrected chi connectivity index (χ1v) is 8.27. The van der Waals surface area contributed by atoms with E-state index in [0.717, 1.165) is 17.2 Å². The zero-order chi connectivity index (χ0) is 18.4. The number of amides is 1. The van der Waals surface area contributed by atoms with Gasteiger partial charge in [-0.1, -0.05) is 54.4 Å². The van der Waals surface area contributed by atoms with E-state index in [1.165, 1.54) is 12.1 Å². The van der Waals surface area contributed by atoms with Gasteiger partial charge in [0.15, 0.2) is 6.61 Å². The van der Waals surface area contributed by atoms with E-state index in [2.05, 4.69) is 5.32 Å². The molecule has 1 amide bonds. The molecule has 2 rings (SSSR count). The average Bonchev–Trinajstić information content (AvgIpc) is 2.58. The van der Waals surface area contributed by atoms with Crippen LogP contribution in [0.3, 0.4) is 0 Å². The van der Waals surface area contributed by atoms with E-state index < -0.39 is 24.3 Å². The van der Waals surface area contributed by atoms with Crippen LogP contribution in [-0.2, 0) is 9.53 Å². The van der Waals surface area contributed by atoms with Crippen LogP contribution in [0.25, 0.3) is 0 Å². The van der Waals surface area contributed by atoms with E-state index in [-0.39, 0.29) is 16.6 Å². The van der Waals surface area contributed by atoms with Crippen molar-refractivity contribution in [2.75, 3.05) is 6.61 Å². The number of hydrogen-bond donors (Lipinski definition) is 1. The maximum atomic E-state index is 13.7. The van der Waals surface area contributed by atoms with Crippen molar-refractivity contribution in [2.45, 2.75) is 26.3 Å². The number of hydrogen-bond acceptors (Lipinski definition) is 3. The predicted octanol–water partition coefficient (Wildman–Crippen LogP) is 4.21. The van der Waals surface area contributed by atoms with Gasteiger partial charge in [0.25, 0.3) is 5.91 Å². The van der Waals surface area contributed by atoms with Gasteiger partial charge in [-0.3, -0.25) is 4.79 Å². The SMILES string of the molecule is CC[C@@H](NC(=O)COC(=O)c1c(F)cccc1Cl)c1ccc(C)cc1. The molecule has 0 heterocycles. The van der Waals surface area contributed by atoms with E-state index in [1.807, 2.05) is 38.1 Å². The molecule has 25 heavy (non-hydrogen) atoms. The lowest BCUT2D eigenvalue weighted by Crippen LogP contribution is -2.32. The summed E-state index contributed by atoms with van der Waals surface area (Å²) in [4.78, 5) is 24.0. The van der Waals surface area contributed by atoms with Gasteiger partial charge in [-0.2, -0.15) is 0 Å². The second-order valence-corrected chi connectivity index (χ2v) is 6.02. The number of benzene rings is 2. The van der Waals surface area contributed by atoms with Crippen LogP contribution in [-0.4, -0.2) is 18.5 Å². The van der Waals surface area contributed by atoms with Crippen LogP contribution in [0.5, 0.6) is 0 Å². The van der Waals surface area contributed by atoms with Gasteiger partial charge in [0.1, 0.15) is 11.4 Å². The molecule has 0 radical (unpaired) electrons. The number of carbonyl (C=O) groups excluding carboxylic acids is 2. The normalized spacial score (nSPS) is 11.7. The number of aryl methyl sites for hydroxylation is 1. The first-order chi connectivity index (χ1) is 11.9. The van der Waals surface area contributed by atoms with Crippen molar-refractivity contribution in [1.82, 2.24) is 5.32 Å². The van der Waals surface area contributed by atoms with Crippen LogP contribution < -0.4 is 5.32 Å². The molecule has 1 N–H and O–H groups in total. The molecule has 0 aliphatic rings. The van der Waals surface area contributed by atoms with Crippen molar-refractivity contribution in [2.24, 2.45) is 0 Å². The van der Waals surface area contributed by atoms with E-state index in [9.17, 15) is 14.0 Å². The Hall–Kier alpha value is -2.40. The first-order valence-electron chi connectivity index (χ1n) is 7.89. The Labute approximate surface area is 150 Å². The number of halogens is 2. The third-order valence-corrected chi connectivity index (χ3v) is 4.04. The maximum Gasteiger partial charge on any atom is 0.343 e. The summed E-state index contributed by atoms with van der Waals surface area (Å²) >= 11 is 5.80. The summed E-state index contributed by atoms with van der Waals surface area (Å²) in [5.74, 6) is -2.22. The molecular weight excluding hydrogens is 345 g/mol. The van der Waals surface area contributed by atoms with Gasteiger partial charge in [0, 0.05) is 0 Å². The van der Waals surface area contributed by atoms with E-state index in [1.54, 1.807) is 0 Å². The Morgan fingerprint density at radius 3 is 2.48 bits per heavy atom. The standard InChI is InChI=1S/C19H19ClFNO3/c1-3-16(13-9-7-12(2)8-10-13)22-17(23)11-25-19(24)18-14(20)5-4-6-15(18)21/h4-10,16H,3,11H2,1-2H3,(H,22,23)/t16-/m1/s1. The zero-order valence-corrected chi connectivity index (χ0v) is 14.8. The lowest BCUT2D eigenvalue weighted by molar-refractivity contribution is -0.125. The number of ether oxygens (including phenoxy) is 1. The Morgan fingerprint density at radius 1 is 1.20 bits per heavy atom. The van der Waals surface area contributed by atoms with Crippen molar-refractivity contribution in [1.29, 1.82) is 0 Å². The highest BCUT2D eigenvalue weighted by atomic mass is 35.5. The molecule has 2 aromatic rings. The van der Waals surface area contributed by atoms with Crippen LogP contribution >= 0.6 is 11.6 Å². The third-order valence-electron chi connectivity index (χ3n) is 3.72. The second kappa shape index (κ2) is 8.62. The molecule has 0 bridgehead atoms. The molecule has 0 spiro atoms. The van der Waals surface area contributed by atoms with E-state index in [4.69, 9.17) is 16.3 Å². The summed E-state index contributed by atoms with van der Waals surface area (Å²) in [6, 6.07) is 11.5. The van der Waals surface area contributed by atoms with Crippen LogP contribution in [0.2, 0.25) is 5.02 Å². The van der Waals surface area contributed by atoms with Gasteiger partial charge in [0.05, 0.1) is 11.1 Å². The summed E-state index contributed by atoms with van der Waals surface area (Å²) < 4.78 is 18.5. The topological polar surface area (TPSA) is 55.4 Å². The molecule has 1 atom stereocenters. The number of rotatable bonds is 6. The Kier molecular flexibility index (Phi) is 6.53. The molecule has 0 aliphatic carbocycles. The molecule has 0 aliphatic heterocycles. The fourth-order valence-electron chi connectivity index (χ4n) is 2.35. The Bertz CT molecular complexity index is 742. The number of nitrogens with one attached hydrogen (secondary N) is 1. The lowest BCUT2D eigenvalue weighted by Gasteiger charge is -2.17. The van der Waals surface area contributed by atoms with E-state index in [0.29, 0.717) is 6.42 Å². The van der Waals surface area contributed by atoms with Gasteiger partial charge in [-0.25, -0.2) is 9.18 Å². The van der Waals surface area contributed by atoms with Gasteiger partial charge in [0.2, 0.25) is 0 Å². The molecule has 0 aromatic heterocycles. The van der Waals surface area contributed by atoms with Crippen molar-refractivity contribution in [3.8, 4) is 0 Å². The fraction of sp³-hybridized carbons (Fsp3) is 0.263. The Balaban J connectivity index is 1.95. The summed E-state index contributed by atoms with van der Waals surface area (Å²) in [5.41, 5.74) is 1.72. The van der Waals surface area contributed by atoms with Gasteiger partial charge in [-0.05, 0) is 31.0 Å². The summed E-state index contributed by atoms with van der Waals surface area (Å²) in [6.07, 6.45) is 0.682. The molecule has 0 saturated carbocycles. The molecule has 0 unspecified atom stereocenters. The van der Waals surface area contributed by atoms with Crippen molar-refractivity contribution in [3.05, 3.63) is 70.0 Å². The zero-order valence-electron chi connectivity index (χ0n) is 14.0. The van der Waals surface area contributed by atoms with E-state index >= 15 is 0 Å². The molecule has 4 nitrogen and oxygen atoms in total. The maximum absolute atomic E-state index is 13.7. The minimum absolute atomic E-state index is 0.0588. The van der Waals surface area contributed by atoms with Crippen LogP contribution in [0, 0.1) is 12.7 Å². The van der Waals surface area contributed by atoms with Crippen molar-refractivity contribution < 1.29 is 18.7 Å². The Morgan fingerprint density at radius 2 is 1.88 bits per heavy atom. The highest BCUT2D eigenvalue weighted by molar-refractivity contribution is 6.33. The highest BCUT2D eigenvalue weighted by Crippen LogP contribution is 2.20. The highest BCUT2D eigenvalue weighted by Gasteiger charge is 2.19. The average molecular weight is 364 g/mol. The summed E-state index contributed by atoms with van der Waals surface area (Å²) in [5, 5.41) is 2.74. The summed E-state index contributed by atoms with van der Waals surface area (Å²) in [7, 11) is 0. The first kappa shape index (κ1) is 18.9. The fourth-order valence-corrected chi connectivity index (χ4v) is 2.59. The molecule has 6 heteroatoms. The third kappa shape index (κ3) is 5.03. The molecular formula is C19H19ClFNO3.